The second-order valence-electron chi connectivity index (χ2n) is 5.01. The van der Waals surface area contributed by atoms with Crippen LogP contribution in [0.1, 0.15) is 12.5 Å². The molecule has 0 unspecified atom stereocenters. The van der Waals surface area contributed by atoms with E-state index in [0.717, 1.165) is 0 Å². The molecule has 2 aromatic rings. The lowest BCUT2D eigenvalue weighted by atomic mass is 10.1. The maximum atomic E-state index is 12.5. The molecule has 0 bridgehead atoms. The highest BCUT2D eigenvalue weighted by molar-refractivity contribution is 7.54. The molecule has 9 nitrogen and oxygen atoms in total. The van der Waals surface area contributed by atoms with E-state index in [0.29, 0.717) is 11.0 Å². The van der Waals surface area contributed by atoms with E-state index in [2.05, 4.69) is 10.5 Å². The summed E-state index contributed by atoms with van der Waals surface area (Å²) >= 11 is 0. The summed E-state index contributed by atoms with van der Waals surface area (Å²) in [5, 5.41) is 4.50. The van der Waals surface area contributed by atoms with Crippen molar-refractivity contribution in [2.45, 2.75) is 6.92 Å². The van der Waals surface area contributed by atoms with Gasteiger partial charge in [0.05, 0.1) is 24.0 Å². The van der Waals surface area contributed by atoms with Crippen molar-refractivity contribution in [1.82, 2.24) is 5.43 Å². The largest absolute Gasteiger partial charge is 0.449 e. The number of fused-ring (bicyclic) bond motifs is 1. The van der Waals surface area contributed by atoms with Crippen molar-refractivity contribution in [3.63, 3.8) is 0 Å². The van der Waals surface area contributed by atoms with Gasteiger partial charge in [0.15, 0.2) is 0 Å². The van der Waals surface area contributed by atoms with E-state index in [1.165, 1.54) is 20.3 Å². The van der Waals surface area contributed by atoms with Gasteiger partial charge in [0, 0.05) is 19.6 Å². The maximum absolute atomic E-state index is 12.5. The number of benzene rings is 1. The number of para-hydroxylation sites is 1. The lowest BCUT2D eigenvalue weighted by Gasteiger charge is -2.15. The van der Waals surface area contributed by atoms with Crippen LogP contribution in [0.15, 0.2) is 44.6 Å². The minimum atomic E-state index is -3.56. The summed E-state index contributed by atoms with van der Waals surface area (Å²) < 4.78 is 32.3. The van der Waals surface area contributed by atoms with Gasteiger partial charge in [-0.1, -0.05) is 18.2 Å². The van der Waals surface area contributed by atoms with Crippen molar-refractivity contribution in [2.24, 2.45) is 5.10 Å². The molecule has 10 heteroatoms. The molecule has 0 saturated carbocycles. The SMILES string of the molecule is CCOC(=O)N/N=C(/CP(=O)(OC)OC)c1cc2ccccc2oc1=O. The molecule has 2 rings (SSSR count). The third-order valence-electron chi connectivity index (χ3n) is 3.41. The number of nitrogens with one attached hydrogen (secondary N) is 1. The van der Waals surface area contributed by atoms with E-state index >= 15 is 0 Å². The summed E-state index contributed by atoms with van der Waals surface area (Å²) in [6, 6.07) is 8.41. The third kappa shape index (κ3) is 4.78. The van der Waals surface area contributed by atoms with Crippen molar-refractivity contribution in [3.8, 4) is 0 Å². The highest BCUT2D eigenvalue weighted by Crippen LogP contribution is 2.46. The molecular weight excluding hydrogens is 363 g/mol. The molecule has 0 fully saturated rings. The lowest BCUT2D eigenvalue weighted by molar-refractivity contribution is 0.152. The lowest BCUT2D eigenvalue weighted by Crippen LogP contribution is -2.25. The third-order valence-corrected chi connectivity index (χ3v) is 5.21. The van der Waals surface area contributed by atoms with E-state index < -0.39 is 19.3 Å². The molecule has 0 aliphatic carbocycles. The van der Waals surface area contributed by atoms with Crippen molar-refractivity contribution < 1.29 is 27.6 Å². The molecule has 0 atom stereocenters. The van der Waals surface area contributed by atoms with E-state index in [4.69, 9.17) is 18.2 Å². The molecule has 140 valence electrons. The Morgan fingerprint density at radius 3 is 2.62 bits per heavy atom. The molecule has 0 spiro atoms. The number of amides is 1. The van der Waals surface area contributed by atoms with Gasteiger partial charge >= 0.3 is 19.3 Å². The first-order chi connectivity index (χ1) is 12.4. The number of hydrazone groups is 1. The van der Waals surface area contributed by atoms with Crippen molar-refractivity contribution in [3.05, 3.63) is 46.3 Å². The van der Waals surface area contributed by atoms with Crippen LogP contribution in [0.4, 0.5) is 4.79 Å². The van der Waals surface area contributed by atoms with Gasteiger partial charge in [-0.15, -0.1) is 0 Å². The fourth-order valence-electron chi connectivity index (χ4n) is 2.11. The van der Waals surface area contributed by atoms with Gasteiger partial charge in [0.2, 0.25) is 0 Å². The fourth-order valence-corrected chi connectivity index (χ4v) is 3.12. The Bertz CT molecular complexity index is 914. The van der Waals surface area contributed by atoms with Crippen LogP contribution in [-0.4, -0.2) is 38.8 Å². The number of ether oxygens (including phenoxy) is 1. The van der Waals surface area contributed by atoms with Crippen LogP contribution in [0.3, 0.4) is 0 Å². The highest BCUT2D eigenvalue weighted by atomic mass is 31.2. The Hall–Kier alpha value is -2.48. The first-order valence-corrected chi connectivity index (χ1v) is 9.38. The highest BCUT2D eigenvalue weighted by Gasteiger charge is 2.27. The normalized spacial score (nSPS) is 12.2. The summed E-state index contributed by atoms with van der Waals surface area (Å²) in [6.07, 6.45) is -1.17. The maximum Gasteiger partial charge on any atom is 0.427 e. The Kier molecular flexibility index (Phi) is 6.68. The number of carbonyl (C=O) groups excluding carboxylic acids is 1. The van der Waals surface area contributed by atoms with Crippen LogP contribution < -0.4 is 11.1 Å². The quantitative estimate of drug-likeness (QED) is 0.339. The van der Waals surface area contributed by atoms with Crippen LogP contribution in [0.25, 0.3) is 11.0 Å². The summed E-state index contributed by atoms with van der Waals surface area (Å²) in [5.41, 5.74) is 1.83. The molecule has 1 aromatic carbocycles. The number of carbonyl (C=O) groups is 1. The smallest absolute Gasteiger partial charge is 0.427 e. The number of hydrogen-bond acceptors (Lipinski definition) is 8. The van der Waals surface area contributed by atoms with Gasteiger partial charge in [-0.2, -0.15) is 5.10 Å². The zero-order valence-electron chi connectivity index (χ0n) is 14.6. The van der Waals surface area contributed by atoms with E-state index in [9.17, 15) is 14.2 Å². The molecule has 1 heterocycles. The first-order valence-electron chi connectivity index (χ1n) is 7.65. The summed E-state index contributed by atoms with van der Waals surface area (Å²) in [4.78, 5) is 23.9. The number of rotatable bonds is 7. The molecule has 0 aliphatic heterocycles. The topological polar surface area (TPSA) is 116 Å². The molecule has 1 aromatic heterocycles. The fraction of sp³-hybridized carbons (Fsp3) is 0.312. The van der Waals surface area contributed by atoms with Gasteiger partial charge in [-0.25, -0.2) is 15.0 Å². The Balaban J connectivity index is 2.50. The Morgan fingerprint density at radius 2 is 1.96 bits per heavy atom. The van der Waals surface area contributed by atoms with Crippen molar-refractivity contribution in [1.29, 1.82) is 0 Å². The average molecular weight is 382 g/mol. The predicted octanol–water partition coefficient (Wildman–Crippen LogP) is 2.73. The van der Waals surface area contributed by atoms with E-state index in [1.54, 1.807) is 31.2 Å². The van der Waals surface area contributed by atoms with Gasteiger partial charge < -0.3 is 18.2 Å². The minimum Gasteiger partial charge on any atom is -0.449 e. The van der Waals surface area contributed by atoms with Crippen molar-refractivity contribution in [2.75, 3.05) is 27.0 Å². The monoisotopic (exact) mass is 382 g/mol. The van der Waals surface area contributed by atoms with E-state index in [-0.39, 0.29) is 24.0 Å². The molecule has 0 saturated heterocycles. The standard InChI is InChI=1S/C16H19N2O7P/c1-4-24-16(20)18-17-13(10-26(21,22-2)23-3)12-9-11-7-5-6-8-14(11)25-15(12)19/h5-9H,4,10H2,1-3H3,(H,18,20)/b17-13-. The zero-order valence-corrected chi connectivity index (χ0v) is 15.4. The first kappa shape index (κ1) is 19.8. The zero-order chi connectivity index (χ0) is 19.2. The van der Waals surface area contributed by atoms with Crippen molar-refractivity contribution >= 4 is 30.4 Å². The minimum absolute atomic E-state index is 0.0230. The predicted molar refractivity (Wildman–Crippen MR) is 95.7 cm³/mol. The Morgan fingerprint density at radius 1 is 1.27 bits per heavy atom. The second-order valence-corrected chi connectivity index (χ2v) is 7.28. The molecule has 1 amide bonds. The molecule has 26 heavy (non-hydrogen) atoms. The molecule has 0 radical (unpaired) electrons. The number of nitrogens with zero attached hydrogens (tertiary/aromatic N) is 1. The van der Waals surface area contributed by atoms with Gasteiger partial charge in [0.1, 0.15) is 5.58 Å². The summed E-state index contributed by atoms with van der Waals surface area (Å²) in [6.45, 7) is 1.77. The van der Waals surface area contributed by atoms with Gasteiger partial charge in [-0.05, 0) is 19.1 Å². The van der Waals surface area contributed by atoms with Gasteiger partial charge in [-0.3, -0.25) is 4.57 Å². The van der Waals surface area contributed by atoms with Crippen LogP contribution in [0, 0.1) is 0 Å². The Labute approximate surface area is 149 Å². The van der Waals surface area contributed by atoms with Gasteiger partial charge in [0.25, 0.3) is 0 Å². The van der Waals surface area contributed by atoms with Crippen LogP contribution >= 0.6 is 7.60 Å². The molecule has 0 aliphatic rings. The van der Waals surface area contributed by atoms with E-state index in [1.807, 2.05) is 0 Å². The number of hydrogen-bond donors (Lipinski definition) is 1. The van der Waals surface area contributed by atoms with Crippen LogP contribution in [-0.2, 0) is 18.3 Å². The summed E-state index contributed by atoms with van der Waals surface area (Å²) in [5.74, 6) is 0. The van der Waals surface area contributed by atoms with Crippen LogP contribution in [0.2, 0.25) is 0 Å². The average Bonchev–Trinajstić information content (AvgIpc) is 2.64. The molecular formula is C16H19N2O7P. The second kappa shape index (κ2) is 8.75. The summed E-state index contributed by atoms with van der Waals surface area (Å²) in [7, 11) is -1.14. The van der Waals surface area contributed by atoms with Crippen LogP contribution in [0.5, 0.6) is 0 Å². The molecule has 1 N–H and O–H groups in total.